The quantitative estimate of drug-likeness (QED) is 0.609. The molecule has 2 aromatic heterocycles. The van der Waals surface area contributed by atoms with Gasteiger partial charge in [-0.25, -0.2) is 4.98 Å². The fraction of sp³-hybridized carbons (Fsp3) is 0.118. The number of benzene rings is 1. The number of rotatable bonds is 4. The molecule has 0 unspecified atom stereocenters. The lowest BCUT2D eigenvalue weighted by atomic mass is 10.1. The van der Waals surface area contributed by atoms with Gasteiger partial charge in [-0.15, -0.1) is 22.7 Å². The second kappa shape index (κ2) is 7.90. The lowest BCUT2D eigenvalue weighted by Gasteiger charge is -2.05. The van der Waals surface area contributed by atoms with Crippen molar-refractivity contribution in [1.82, 2.24) is 15.8 Å². The number of carbonyl (C=O) groups is 2. The number of aryl methyl sites for hydroxylation is 1. The third-order valence-corrected chi connectivity index (χ3v) is 5.83. The number of hydrogen-bond donors (Lipinski definition) is 2. The lowest BCUT2D eigenvalue weighted by Crippen LogP contribution is -2.42. The van der Waals surface area contributed by atoms with Crippen LogP contribution in [0.4, 0.5) is 0 Å². The molecule has 0 radical (unpaired) electrons. The van der Waals surface area contributed by atoms with Crippen LogP contribution >= 0.6 is 38.6 Å². The summed E-state index contributed by atoms with van der Waals surface area (Å²) in [6, 6.07) is 11.5. The number of halogens is 1. The molecule has 3 aromatic rings. The molecule has 1 aromatic carbocycles. The SMILES string of the molecule is Cc1cccc(-c2nc(CC(=O)NNC(=O)c3ccc(Br)s3)cs2)c1. The highest BCUT2D eigenvalue weighted by atomic mass is 79.9. The van der Waals surface area contributed by atoms with Crippen molar-refractivity contribution >= 4 is 50.4 Å². The van der Waals surface area contributed by atoms with E-state index in [0.29, 0.717) is 10.6 Å². The van der Waals surface area contributed by atoms with Crippen LogP contribution in [0.25, 0.3) is 10.6 Å². The van der Waals surface area contributed by atoms with E-state index in [2.05, 4.69) is 37.8 Å². The number of hydrogen-bond acceptors (Lipinski definition) is 5. The van der Waals surface area contributed by atoms with Gasteiger partial charge in [0.05, 0.1) is 20.8 Å². The standard InChI is InChI=1S/C17H14BrN3O2S2/c1-10-3-2-4-11(7-10)17-19-12(9-24-17)8-15(22)20-21-16(23)13-5-6-14(18)25-13/h2-7,9H,8H2,1H3,(H,20,22)(H,21,23). The molecule has 8 heteroatoms. The van der Waals surface area contributed by atoms with Crippen LogP contribution in [-0.2, 0) is 11.2 Å². The van der Waals surface area contributed by atoms with Gasteiger partial charge in [0.2, 0.25) is 5.91 Å². The Balaban J connectivity index is 1.56. The highest BCUT2D eigenvalue weighted by molar-refractivity contribution is 9.11. The molecule has 0 aliphatic carbocycles. The molecular weight excluding hydrogens is 422 g/mol. The molecule has 2 N–H and O–H groups in total. The summed E-state index contributed by atoms with van der Waals surface area (Å²) in [5.74, 6) is -0.659. The van der Waals surface area contributed by atoms with E-state index in [1.165, 1.54) is 22.7 Å². The number of hydrazine groups is 1. The van der Waals surface area contributed by atoms with Crippen molar-refractivity contribution in [1.29, 1.82) is 0 Å². The Hall–Kier alpha value is -2.03. The maximum Gasteiger partial charge on any atom is 0.279 e. The summed E-state index contributed by atoms with van der Waals surface area (Å²) in [7, 11) is 0. The summed E-state index contributed by atoms with van der Waals surface area (Å²) in [4.78, 5) is 28.9. The molecule has 0 saturated carbocycles. The molecule has 0 atom stereocenters. The first-order chi connectivity index (χ1) is 12.0. The summed E-state index contributed by atoms with van der Waals surface area (Å²) in [5.41, 5.74) is 7.69. The maximum atomic E-state index is 12.0. The van der Waals surface area contributed by atoms with Crippen molar-refractivity contribution in [2.24, 2.45) is 0 Å². The van der Waals surface area contributed by atoms with Gasteiger partial charge >= 0.3 is 0 Å². The molecule has 0 saturated heterocycles. The largest absolute Gasteiger partial charge is 0.279 e. The van der Waals surface area contributed by atoms with Crippen molar-refractivity contribution in [3.63, 3.8) is 0 Å². The molecule has 0 fully saturated rings. The zero-order valence-corrected chi connectivity index (χ0v) is 16.4. The first kappa shape index (κ1) is 17.8. The highest BCUT2D eigenvalue weighted by Gasteiger charge is 2.12. The second-order valence-electron chi connectivity index (χ2n) is 5.30. The average Bonchev–Trinajstić information content (AvgIpc) is 3.22. The molecule has 5 nitrogen and oxygen atoms in total. The van der Waals surface area contributed by atoms with Crippen molar-refractivity contribution in [2.75, 3.05) is 0 Å². The van der Waals surface area contributed by atoms with Gasteiger partial charge in [0, 0.05) is 10.9 Å². The molecule has 25 heavy (non-hydrogen) atoms. The van der Waals surface area contributed by atoms with E-state index in [1.54, 1.807) is 12.1 Å². The minimum absolute atomic E-state index is 0.108. The van der Waals surface area contributed by atoms with Gasteiger partial charge in [-0.3, -0.25) is 20.4 Å². The van der Waals surface area contributed by atoms with E-state index in [1.807, 2.05) is 30.5 Å². The summed E-state index contributed by atoms with van der Waals surface area (Å²) < 4.78 is 0.857. The Bertz CT molecular complexity index is 920. The van der Waals surface area contributed by atoms with Gasteiger partial charge in [0.15, 0.2) is 0 Å². The molecule has 2 amide bonds. The van der Waals surface area contributed by atoms with Crippen molar-refractivity contribution in [3.05, 3.63) is 61.7 Å². The molecule has 0 aliphatic heterocycles. The van der Waals surface area contributed by atoms with E-state index >= 15 is 0 Å². The zero-order chi connectivity index (χ0) is 17.8. The van der Waals surface area contributed by atoms with Gasteiger partial charge in [-0.1, -0.05) is 23.8 Å². The van der Waals surface area contributed by atoms with Crippen molar-refractivity contribution in [3.8, 4) is 10.6 Å². The minimum Gasteiger partial charge on any atom is -0.273 e. The first-order valence-electron chi connectivity index (χ1n) is 7.37. The predicted octanol–water partition coefficient (Wildman–Crippen LogP) is 3.95. The second-order valence-corrected chi connectivity index (χ2v) is 8.62. The number of nitrogens with zero attached hydrogens (tertiary/aromatic N) is 1. The van der Waals surface area contributed by atoms with E-state index in [4.69, 9.17) is 0 Å². The fourth-order valence-corrected chi connectivity index (χ4v) is 4.23. The summed E-state index contributed by atoms with van der Waals surface area (Å²) in [6.07, 6.45) is 0.108. The smallest absolute Gasteiger partial charge is 0.273 e. The van der Waals surface area contributed by atoms with Crippen LogP contribution < -0.4 is 10.9 Å². The Kier molecular flexibility index (Phi) is 5.62. The van der Waals surface area contributed by atoms with Crippen LogP contribution in [0.15, 0.2) is 45.6 Å². The Morgan fingerprint density at radius 2 is 2.04 bits per heavy atom. The molecule has 0 spiro atoms. The van der Waals surface area contributed by atoms with Gasteiger partial charge in [0.1, 0.15) is 5.01 Å². The number of amides is 2. The molecule has 3 rings (SSSR count). The van der Waals surface area contributed by atoms with E-state index in [9.17, 15) is 9.59 Å². The summed E-state index contributed by atoms with van der Waals surface area (Å²) in [6.45, 7) is 2.03. The highest BCUT2D eigenvalue weighted by Crippen LogP contribution is 2.24. The number of carbonyl (C=O) groups excluding carboxylic acids is 2. The Morgan fingerprint density at radius 3 is 2.76 bits per heavy atom. The molecule has 0 bridgehead atoms. The topological polar surface area (TPSA) is 71.1 Å². The third-order valence-electron chi connectivity index (χ3n) is 3.27. The van der Waals surface area contributed by atoms with E-state index in [-0.39, 0.29) is 18.2 Å². The third kappa shape index (κ3) is 4.75. The summed E-state index contributed by atoms with van der Waals surface area (Å²) in [5, 5.41) is 2.73. The predicted molar refractivity (Wildman–Crippen MR) is 104 cm³/mol. The Morgan fingerprint density at radius 1 is 1.20 bits per heavy atom. The van der Waals surface area contributed by atoms with Crippen LogP contribution in [0.1, 0.15) is 20.9 Å². The van der Waals surface area contributed by atoms with Gasteiger partial charge < -0.3 is 0 Å². The zero-order valence-electron chi connectivity index (χ0n) is 13.2. The lowest BCUT2D eigenvalue weighted by molar-refractivity contribution is -0.121. The Labute approximate surface area is 161 Å². The normalized spacial score (nSPS) is 10.5. The molecule has 0 aliphatic rings. The number of thiazole rings is 1. The first-order valence-corrected chi connectivity index (χ1v) is 9.86. The monoisotopic (exact) mass is 435 g/mol. The molecule has 128 valence electrons. The minimum atomic E-state index is -0.345. The number of aromatic nitrogens is 1. The van der Waals surface area contributed by atoms with Gasteiger partial charge in [0.25, 0.3) is 5.91 Å². The van der Waals surface area contributed by atoms with Crippen molar-refractivity contribution < 1.29 is 9.59 Å². The van der Waals surface area contributed by atoms with Gasteiger partial charge in [-0.2, -0.15) is 0 Å². The van der Waals surface area contributed by atoms with E-state index in [0.717, 1.165) is 19.9 Å². The van der Waals surface area contributed by atoms with Crippen LogP contribution in [0, 0.1) is 6.92 Å². The number of thiophene rings is 1. The van der Waals surface area contributed by atoms with Crippen LogP contribution in [0.2, 0.25) is 0 Å². The molecule has 2 heterocycles. The van der Waals surface area contributed by atoms with Crippen LogP contribution in [0.5, 0.6) is 0 Å². The summed E-state index contributed by atoms with van der Waals surface area (Å²) >= 11 is 6.09. The molecular formula is C17H14BrN3O2S2. The fourth-order valence-electron chi connectivity index (χ4n) is 2.13. The van der Waals surface area contributed by atoms with Gasteiger partial charge in [-0.05, 0) is 41.1 Å². The van der Waals surface area contributed by atoms with Crippen LogP contribution in [-0.4, -0.2) is 16.8 Å². The van der Waals surface area contributed by atoms with E-state index < -0.39 is 0 Å². The maximum absolute atomic E-state index is 12.0. The van der Waals surface area contributed by atoms with Crippen molar-refractivity contribution in [2.45, 2.75) is 13.3 Å². The number of nitrogens with one attached hydrogen (secondary N) is 2. The average molecular weight is 436 g/mol. The van der Waals surface area contributed by atoms with Crippen LogP contribution in [0.3, 0.4) is 0 Å².